The third-order valence-corrected chi connectivity index (χ3v) is 4.20. The number of ether oxygens (including phenoxy) is 1. The van der Waals surface area contributed by atoms with Gasteiger partial charge in [-0.3, -0.25) is 4.79 Å². The van der Waals surface area contributed by atoms with Crippen LogP contribution in [-0.4, -0.2) is 29.1 Å². The van der Waals surface area contributed by atoms with Gasteiger partial charge in [0.2, 0.25) is 0 Å². The molecule has 1 saturated carbocycles. The number of aromatic hydroxyl groups is 1. The van der Waals surface area contributed by atoms with E-state index in [9.17, 15) is 9.90 Å². The number of phenols is 1. The Balaban J connectivity index is 1.83. The molecule has 1 fully saturated rings. The monoisotopic (exact) mass is 331 g/mol. The first-order valence-corrected chi connectivity index (χ1v) is 7.88. The summed E-state index contributed by atoms with van der Waals surface area (Å²) >= 11 is 5.91. The van der Waals surface area contributed by atoms with Crippen LogP contribution in [0.2, 0.25) is 5.02 Å². The van der Waals surface area contributed by atoms with Gasteiger partial charge in [-0.05, 0) is 42.7 Å². The molecule has 0 aromatic heterocycles. The standard InChI is InChI=1S/C18H18ClNO3/c1-23-15-8-9-16(17(21)10-15)18(22)20(14-6-7-14)11-12-2-4-13(19)5-3-12/h2-5,8-10,14,21H,6-7,11H2,1H3. The number of hydrogen-bond acceptors (Lipinski definition) is 3. The predicted molar refractivity (Wildman–Crippen MR) is 89.0 cm³/mol. The van der Waals surface area contributed by atoms with E-state index in [1.54, 1.807) is 12.1 Å². The first-order chi connectivity index (χ1) is 11.1. The Hall–Kier alpha value is -2.20. The molecule has 1 amide bonds. The Morgan fingerprint density at radius 2 is 1.96 bits per heavy atom. The molecule has 5 heteroatoms. The lowest BCUT2D eigenvalue weighted by Crippen LogP contribution is -2.32. The van der Waals surface area contributed by atoms with Crippen LogP contribution in [0, 0.1) is 0 Å². The van der Waals surface area contributed by atoms with Crippen molar-refractivity contribution in [2.24, 2.45) is 0 Å². The smallest absolute Gasteiger partial charge is 0.258 e. The van der Waals surface area contributed by atoms with Crippen LogP contribution >= 0.6 is 11.6 Å². The average molecular weight is 332 g/mol. The molecule has 0 radical (unpaired) electrons. The van der Waals surface area contributed by atoms with E-state index >= 15 is 0 Å². The summed E-state index contributed by atoms with van der Waals surface area (Å²) in [4.78, 5) is 14.6. The lowest BCUT2D eigenvalue weighted by atomic mass is 10.1. The van der Waals surface area contributed by atoms with Crippen molar-refractivity contribution in [2.75, 3.05) is 7.11 Å². The van der Waals surface area contributed by atoms with Crippen LogP contribution in [-0.2, 0) is 6.54 Å². The Kier molecular flexibility index (Phi) is 4.44. The Labute approximate surface area is 140 Å². The maximum absolute atomic E-state index is 12.8. The van der Waals surface area contributed by atoms with Crippen molar-refractivity contribution in [3.05, 3.63) is 58.6 Å². The molecule has 0 bridgehead atoms. The molecule has 2 aromatic carbocycles. The predicted octanol–water partition coefficient (Wildman–Crippen LogP) is 3.86. The highest BCUT2D eigenvalue weighted by atomic mass is 35.5. The molecule has 23 heavy (non-hydrogen) atoms. The van der Waals surface area contributed by atoms with Gasteiger partial charge in [0.25, 0.3) is 5.91 Å². The molecule has 120 valence electrons. The second kappa shape index (κ2) is 6.50. The van der Waals surface area contributed by atoms with Gasteiger partial charge in [-0.25, -0.2) is 0 Å². The van der Waals surface area contributed by atoms with Gasteiger partial charge in [0.05, 0.1) is 12.7 Å². The highest BCUT2D eigenvalue weighted by Gasteiger charge is 2.34. The SMILES string of the molecule is COc1ccc(C(=O)N(Cc2ccc(Cl)cc2)C2CC2)c(O)c1. The van der Waals surface area contributed by atoms with Crippen LogP contribution < -0.4 is 4.74 Å². The van der Waals surface area contributed by atoms with E-state index in [4.69, 9.17) is 16.3 Å². The third kappa shape index (κ3) is 3.59. The van der Waals surface area contributed by atoms with Gasteiger partial charge in [-0.2, -0.15) is 0 Å². The van der Waals surface area contributed by atoms with Gasteiger partial charge < -0.3 is 14.7 Å². The van der Waals surface area contributed by atoms with Crippen molar-refractivity contribution < 1.29 is 14.6 Å². The summed E-state index contributed by atoms with van der Waals surface area (Å²) in [5.41, 5.74) is 1.31. The molecule has 0 saturated heterocycles. The van der Waals surface area contributed by atoms with Crippen molar-refractivity contribution in [1.29, 1.82) is 0 Å². The molecule has 1 aliphatic carbocycles. The zero-order valence-electron chi connectivity index (χ0n) is 12.8. The third-order valence-electron chi connectivity index (χ3n) is 3.95. The number of halogens is 1. The van der Waals surface area contributed by atoms with Crippen LogP contribution in [0.15, 0.2) is 42.5 Å². The number of carbonyl (C=O) groups excluding carboxylic acids is 1. The minimum atomic E-state index is -0.164. The second-order valence-corrected chi connectivity index (χ2v) is 6.11. The summed E-state index contributed by atoms with van der Waals surface area (Å²) in [5.74, 6) is 0.299. The number of amides is 1. The largest absolute Gasteiger partial charge is 0.507 e. The summed E-state index contributed by atoms with van der Waals surface area (Å²) in [6.07, 6.45) is 1.99. The lowest BCUT2D eigenvalue weighted by molar-refractivity contribution is 0.0727. The van der Waals surface area contributed by atoms with Crippen LogP contribution in [0.1, 0.15) is 28.8 Å². The van der Waals surface area contributed by atoms with Gasteiger partial charge >= 0.3 is 0 Å². The molecule has 0 heterocycles. The molecule has 0 unspecified atom stereocenters. The van der Waals surface area contributed by atoms with Gasteiger partial charge in [0.1, 0.15) is 11.5 Å². The lowest BCUT2D eigenvalue weighted by Gasteiger charge is -2.23. The van der Waals surface area contributed by atoms with Gasteiger partial charge in [0, 0.05) is 23.7 Å². The van der Waals surface area contributed by atoms with E-state index < -0.39 is 0 Å². The number of carbonyl (C=O) groups is 1. The number of phenolic OH excluding ortho intramolecular Hbond substituents is 1. The molecule has 0 aliphatic heterocycles. The van der Waals surface area contributed by atoms with Gasteiger partial charge in [-0.1, -0.05) is 23.7 Å². The van der Waals surface area contributed by atoms with Crippen molar-refractivity contribution in [1.82, 2.24) is 4.90 Å². The van der Waals surface area contributed by atoms with Gasteiger partial charge in [-0.15, -0.1) is 0 Å². The first kappa shape index (κ1) is 15.7. The van der Waals surface area contributed by atoms with Crippen molar-refractivity contribution in [3.63, 3.8) is 0 Å². The van der Waals surface area contributed by atoms with E-state index in [-0.39, 0.29) is 17.7 Å². The average Bonchev–Trinajstić information content (AvgIpc) is 3.38. The fourth-order valence-electron chi connectivity index (χ4n) is 2.51. The van der Waals surface area contributed by atoms with Crippen molar-refractivity contribution >= 4 is 17.5 Å². The Morgan fingerprint density at radius 3 is 2.52 bits per heavy atom. The molecule has 0 atom stereocenters. The summed E-state index contributed by atoms with van der Waals surface area (Å²) < 4.78 is 5.06. The molecule has 1 N–H and O–H groups in total. The summed E-state index contributed by atoms with van der Waals surface area (Å²) in [6.45, 7) is 0.506. The van der Waals surface area contributed by atoms with Crippen molar-refractivity contribution in [3.8, 4) is 11.5 Å². The number of hydrogen-bond donors (Lipinski definition) is 1. The summed E-state index contributed by atoms with van der Waals surface area (Å²) in [6, 6.07) is 12.4. The van der Waals surface area contributed by atoms with E-state index in [0.717, 1.165) is 18.4 Å². The Bertz CT molecular complexity index is 711. The van der Waals surface area contributed by atoms with E-state index in [2.05, 4.69) is 0 Å². The van der Waals surface area contributed by atoms with Crippen LogP contribution in [0.25, 0.3) is 0 Å². The zero-order chi connectivity index (χ0) is 16.4. The summed E-state index contributed by atoms with van der Waals surface area (Å²) in [5, 5.41) is 10.8. The quantitative estimate of drug-likeness (QED) is 0.905. The highest BCUT2D eigenvalue weighted by molar-refractivity contribution is 6.30. The van der Waals surface area contributed by atoms with Crippen LogP contribution in [0.3, 0.4) is 0 Å². The molecular formula is C18H18ClNO3. The first-order valence-electron chi connectivity index (χ1n) is 7.51. The molecule has 3 rings (SSSR count). The van der Waals surface area contributed by atoms with Crippen LogP contribution in [0.4, 0.5) is 0 Å². The zero-order valence-corrected chi connectivity index (χ0v) is 13.6. The molecule has 4 nitrogen and oxygen atoms in total. The normalized spacial score (nSPS) is 13.7. The number of rotatable bonds is 5. The van der Waals surface area contributed by atoms with E-state index in [0.29, 0.717) is 22.9 Å². The highest BCUT2D eigenvalue weighted by Crippen LogP contribution is 2.32. The summed E-state index contributed by atoms with van der Waals surface area (Å²) in [7, 11) is 1.52. The fraction of sp³-hybridized carbons (Fsp3) is 0.278. The second-order valence-electron chi connectivity index (χ2n) is 5.67. The minimum Gasteiger partial charge on any atom is -0.507 e. The minimum absolute atomic E-state index is 0.0592. The molecular weight excluding hydrogens is 314 g/mol. The number of nitrogens with zero attached hydrogens (tertiary/aromatic N) is 1. The number of methoxy groups -OCH3 is 1. The number of benzene rings is 2. The molecule has 2 aromatic rings. The maximum Gasteiger partial charge on any atom is 0.258 e. The maximum atomic E-state index is 12.8. The van der Waals surface area contributed by atoms with E-state index in [1.165, 1.54) is 13.2 Å². The van der Waals surface area contributed by atoms with Crippen molar-refractivity contribution in [2.45, 2.75) is 25.4 Å². The molecule has 1 aliphatic rings. The van der Waals surface area contributed by atoms with Gasteiger partial charge in [0.15, 0.2) is 0 Å². The Morgan fingerprint density at radius 1 is 1.26 bits per heavy atom. The fourth-order valence-corrected chi connectivity index (χ4v) is 2.64. The van der Waals surface area contributed by atoms with Crippen LogP contribution in [0.5, 0.6) is 11.5 Å². The molecule has 0 spiro atoms. The van der Waals surface area contributed by atoms with E-state index in [1.807, 2.05) is 29.2 Å². The topological polar surface area (TPSA) is 49.8 Å².